The summed E-state index contributed by atoms with van der Waals surface area (Å²) in [5.74, 6) is 0.270. The fraction of sp³-hybridized carbons (Fsp3) is 0.111. The van der Waals surface area contributed by atoms with Gasteiger partial charge in [-0.15, -0.1) is 0 Å². The molecule has 1 N–H and O–H groups in total. The van der Waals surface area contributed by atoms with E-state index in [0.29, 0.717) is 28.2 Å². The number of hydrogen-bond acceptors (Lipinski definition) is 5. The smallest absolute Gasteiger partial charge is 0.275 e. The summed E-state index contributed by atoms with van der Waals surface area (Å²) in [6.45, 7) is -0.0141. The second-order valence-corrected chi connectivity index (χ2v) is 7.92. The minimum absolute atomic E-state index is 0.0141. The molecule has 0 fully saturated rings. The molecular weight excluding hydrogens is 471 g/mol. The SMILES string of the molecule is COc1cc2ccccc2cc1C(=O)NN=Cc1cc(Cl)c(OCc2ccccc2F)c(OC)c1. The van der Waals surface area contributed by atoms with Gasteiger partial charge in [0.05, 0.1) is 31.0 Å². The van der Waals surface area contributed by atoms with Gasteiger partial charge in [0.1, 0.15) is 18.2 Å². The van der Waals surface area contributed by atoms with Gasteiger partial charge in [-0.1, -0.05) is 54.1 Å². The van der Waals surface area contributed by atoms with E-state index in [-0.39, 0.29) is 23.2 Å². The number of benzene rings is 4. The average molecular weight is 493 g/mol. The molecule has 0 aromatic heterocycles. The van der Waals surface area contributed by atoms with E-state index < -0.39 is 5.91 Å². The molecule has 4 aromatic rings. The molecule has 0 aliphatic heterocycles. The van der Waals surface area contributed by atoms with E-state index in [1.165, 1.54) is 26.5 Å². The van der Waals surface area contributed by atoms with Gasteiger partial charge in [0.25, 0.3) is 5.91 Å². The molecule has 0 aliphatic carbocycles. The number of hydrazone groups is 1. The van der Waals surface area contributed by atoms with Crippen molar-refractivity contribution in [3.8, 4) is 17.2 Å². The number of halogens is 2. The van der Waals surface area contributed by atoms with Crippen molar-refractivity contribution < 1.29 is 23.4 Å². The van der Waals surface area contributed by atoms with Crippen molar-refractivity contribution in [3.63, 3.8) is 0 Å². The van der Waals surface area contributed by atoms with Gasteiger partial charge in [-0.25, -0.2) is 9.82 Å². The second-order valence-electron chi connectivity index (χ2n) is 7.51. The zero-order valence-electron chi connectivity index (χ0n) is 19.0. The maximum atomic E-state index is 13.9. The van der Waals surface area contributed by atoms with E-state index in [0.717, 1.165) is 10.8 Å². The van der Waals surface area contributed by atoms with Crippen LogP contribution in [-0.4, -0.2) is 26.3 Å². The van der Waals surface area contributed by atoms with Crippen LogP contribution in [0.4, 0.5) is 4.39 Å². The highest BCUT2D eigenvalue weighted by molar-refractivity contribution is 6.32. The molecule has 35 heavy (non-hydrogen) atoms. The molecule has 0 aliphatic rings. The summed E-state index contributed by atoms with van der Waals surface area (Å²) in [5.41, 5.74) is 3.82. The molecule has 0 bridgehead atoms. The molecule has 0 atom stereocenters. The lowest BCUT2D eigenvalue weighted by Crippen LogP contribution is -2.18. The summed E-state index contributed by atoms with van der Waals surface area (Å²) in [6.07, 6.45) is 1.43. The summed E-state index contributed by atoms with van der Waals surface area (Å²) >= 11 is 6.39. The number of methoxy groups -OCH3 is 2. The van der Waals surface area contributed by atoms with Crippen LogP contribution < -0.4 is 19.6 Å². The quantitative estimate of drug-likeness (QED) is 0.242. The van der Waals surface area contributed by atoms with Crippen LogP contribution in [0.5, 0.6) is 17.2 Å². The number of ether oxygens (including phenoxy) is 3. The predicted octanol–water partition coefficient (Wildman–Crippen LogP) is 5.99. The number of hydrogen-bond donors (Lipinski definition) is 1. The molecule has 6 nitrogen and oxygen atoms in total. The Balaban J connectivity index is 1.49. The maximum Gasteiger partial charge on any atom is 0.275 e. The third-order valence-electron chi connectivity index (χ3n) is 5.27. The van der Waals surface area contributed by atoms with Crippen LogP contribution in [0.1, 0.15) is 21.5 Å². The van der Waals surface area contributed by atoms with Crippen LogP contribution in [0.3, 0.4) is 0 Å². The Kier molecular flexibility index (Phi) is 7.48. The highest BCUT2D eigenvalue weighted by Crippen LogP contribution is 2.36. The summed E-state index contributed by atoms with van der Waals surface area (Å²) in [4.78, 5) is 12.7. The van der Waals surface area contributed by atoms with Crippen LogP contribution in [0.2, 0.25) is 5.02 Å². The monoisotopic (exact) mass is 492 g/mol. The third-order valence-corrected chi connectivity index (χ3v) is 5.55. The summed E-state index contributed by atoms with van der Waals surface area (Å²) in [5, 5.41) is 6.16. The van der Waals surface area contributed by atoms with Crippen molar-refractivity contribution in [1.82, 2.24) is 5.43 Å². The van der Waals surface area contributed by atoms with Gasteiger partial charge in [-0.3, -0.25) is 4.79 Å². The first-order chi connectivity index (χ1) is 17.0. The van der Waals surface area contributed by atoms with Gasteiger partial charge < -0.3 is 14.2 Å². The van der Waals surface area contributed by atoms with Crippen molar-refractivity contribution >= 4 is 34.5 Å². The van der Waals surface area contributed by atoms with E-state index in [9.17, 15) is 9.18 Å². The molecule has 4 aromatic carbocycles. The van der Waals surface area contributed by atoms with E-state index in [1.54, 1.807) is 42.5 Å². The predicted molar refractivity (Wildman–Crippen MR) is 134 cm³/mol. The Bertz CT molecular complexity index is 1410. The number of nitrogens with one attached hydrogen (secondary N) is 1. The summed E-state index contributed by atoms with van der Waals surface area (Å²) in [6, 6.07) is 20.8. The molecule has 0 saturated heterocycles. The van der Waals surface area contributed by atoms with E-state index >= 15 is 0 Å². The minimum atomic E-state index is -0.424. The first-order valence-corrected chi connectivity index (χ1v) is 11.0. The summed E-state index contributed by atoms with van der Waals surface area (Å²) in [7, 11) is 2.98. The average Bonchev–Trinajstić information content (AvgIpc) is 2.87. The first-order valence-electron chi connectivity index (χ1n) is 10.6. The molecule has 1 amide bonds. The van der Waals surface area contributed by atoms with Crippen molar-refractivity contribution in [1.29, 1.82) is 0 Å². The lowest BCUT2D eigenvalue weighted by molar-refractivity contribution is 0.0952. The maximum absolute atomic E-state index is 13.9. The largest absolute Gasteiger partial charge is 0.496 e. The van der Waals surface area contributed by atoms with Gasteiger partial charge in [-0.2, -0.15) is 5.10 Å². The highest BCUT2D eigenvalue weighted by Gasteiger charge is 2.15. The summed E-state index contributed by atoms with van der Waals surface area (Å²) < 4.78 is 30.4. The second kappa shape index (κ2) is 10.9. The normalized spacial score (nSPS) is 11.0. The van der Waals surface area contributed by atoms with Crippen molar-refractivity contribution in [2.24, 2.45) is 5.10 Å². The Morgan fingerprint density at radius 2 is 1.66 bits per heavy atom. The van der Waals surface area contributed by atoms with Gasteiger partial charge in [0, 0.05) is 5.56 Å². The number of fused-ring (bicyclic) bond motifs is 1. The fourth-order valence-corrected chi connectivity index (χ4v) is 3.78. The Labute approximate surface area is 206 Å². The molecule has 0 spiro atoms. The number of amides is 1. The standard InChI is InChI=1S/C27H22ClFN2O4/c1-33-24-14-19-8-4-3-7-18(19)13-21(24)27(32)31-30-15-17-11-22(28)26(25(12-17)34-2)35-16-20-9-5-6-10-23(20)29/h3-15H,16H2,1-2H3,(H,31,32). The Morgan fingerprint density at radius 1 is 0.971 bits per heavy atom. The van der Waals surface area contributed by atoms with E-state index in [2.05, 4.69) is 10.5 Å². The Morgan fingerprint density at radius 3 is 2.37 bits per heavy atom. The number of carbonyl (C=O) groups is 1. The van der Waals surface area contributed by atoms with Crippen LogP contribution in [-0.2, 0) is 6.61 Å². The van der Waals surface area contributed by atoms with Crippen LogP contribution in [0.25, 0.3) is 10.8 Å². The number of nitrogens with zero attached hydrogens (tertiary/aromatic N) is 1. The lowest BCUT2D eigenvalue weighted by atomic mass is 10.1. The number of carbonyl (C=O) groups excluding carboxylic acids is 1. The molecule has 178 valence electrons. The molecule has 8 heteroatoms. The Hall–Kier alpha value is -4.10. The molecular formula is C27H22ClFN2O4. The third kappa shape index (κ3) is 5.53. The van der Waals surface area contributed by atoms with Crippen LogP contribution in [0, 0.1) is 5.82 Å². The lowest BCUT2D eigenvalue weighted by Gasteiger charge is -2.13. The zero-order valence-corrected chi connectivity index (χ0v) is 19.8. The van der Waals surface area contributed by atoms with Crippen molar-refractivity contribution in [3.05, 3.63) is 100 Å². The van der Waals surface area contributed by atoms with Gasteiger partial charge in [-0.05, 0) is 46.7 Å². The fourth-order valence-electron chi connectivity index (χ4n) is 3.51. The van der Waals surface area contributed by atoms with Crippen molar-refractivity contribution in [2.75, 3.05) is 14.2 Å². The molecule has 4 rings (SSSR count). The molecule has 0 radical (unpaired) electrons. The van der Waals surface area contributed by atoms with Crippen LogP contribution in [0.15, 0.2) is 77.9 Å². The van der Waals surface area contributed by atoms with E-state index in [4.69, 9.17) is 25.8 Å². The topological polar surface area (TPSA) is 69.2 Å². The molecule has 0 heterocycles. The van der Waals surface area contributed by atoms with Crippen LogP contribution >= 0.6 is 11.6 Å². The molecule has 0 unspecified atom stereocenters. The minimum Gasteiger partial charge on any atom is -0.496 e. The van der Waals surface area contributed by atoms with Gasteiger partial charge in [0.15, 0.2) is 11.5 Å². The first kappa shape index (κ1) is 24.0. The number of rotatable bonds is 8. The van der Waals surface area contributed by atoms with E-state index in [1.807, 2.05) is 24.3 Å². The molecule has 0 saturated carbocycles. The zero-order chi connectivity index (χ0) is 24.8. The van der Waals surface area contributed by atoms with Gasteiger partial charge in [0.2, 0.25) is 0 Å². The van der Waals surface area contributed by atoms with Gasteiger partial charge >= 0.3 is 0 Å². The highest BCUT2D eigenvalue weighted by atomic mass is 35.5. The van der Waals surface area contributed by atoms with Crippen molar-refractivity contribution in [2.45, 2.75) is 6.61 Å².